The van der Waals surface area contributed by atoms with E-state index in [0.29, 0.717) is 37.1 Å². The van der Waals surface area contributed by atoms with Crippen LogP contribution in [0.25, 0.3) is 0 Å². The van der Waals surface area contributed by atoms with E-state index in [1.165, 1.54) is 13.8 Å². The maximum atomic E-state index is 13.2. The second-order valence-corrected chi connectivity index (χ2v) is 18.3. The second kappa shape index (κ2) is 20.6. The van der Waals surface area contributed by atoms with E-state index >= 15 is 0 Å². The summed E-state index contributed by atoms with van der Waals surface area (Å²) in [6.45, 7) is 3.64. The van der Waals surface area contributed by atoms with Crippen LogP contribution in [-0.4, -0.2) is 45.9 Å². The van der Waals surface area contributed by atoms with Crippen molar-refractivity contribution in [2.75, 3.05) is 19.8 Å². The van der Waals surface area contributed by atoms with E-state index in [1.54, 1.807) is 37.3 Å². The van der Waals surface area contributed by atoms with Crippen LogP contribution in [0.3, 0.4) is 0 Å². The van der Waals surface area contributed by atoms with Gasteiger partial charge in [0.25, 0.3) is 0 Å². The Labute approximate surface area is 389 Å². The Bertz CT molecular complexity index is 2310. The summed E-state index contributed by atoms with van der Waals surface area (Å²) in [5, 5.41) is 32.7. The van der Waals surface area contributed by atoms with Crippen LogP contribution in [0.15, 0.2) is 97.1 Å². The monoisotopic (exact) mass is 994 g/mol. The molecule has 0 aromatic heterocycles. The lowest BCUT2D eigenvalue weighted by atomic mass is 9.65. The van der Waals surface area contributed by atoms with Gasteiger partial charge >= 0.3 is 24.7 Å². The van der Waals surface area contributed by atoms with Gasteiger partial charge in [0.2, 0.25) is 11.1 Å². The molecule has 0 saturated heterocycles. The smallest absolute Gasteiger partial charge is 0.389 e. The number of alkyl halides is 12. The molecule has 1 N–H and O–H groups in total. The summed E-state index contributed by atoms with van der Waals surface area (Å²) in [7, 11) is 0. The SMILES string of the molecule is C[C@@H](OCC1(c2ccccc2)CCC(C)([N+](=O)[O-])CC1)c1cc(C(F)(F)F)cc(C(F)(F)F)c1.C[C@@H](OCC1(c2ccccc2)CCC(CO)([N+](=O)[O-])CC1)c1cc(C(F)(F)F)cc(C(F)(F)F)c1. The van der Waals surface area contributed by atoms with Crippen molar-refractivity contribution in [1.29, 1.82) is 0 Å². The van der Waals surface area contributed by atoms with Gasteiger partial charge in [-0.2, -0.15) is 52.7 Å². The Balaban J connectivity index is 0.000000258. The molecule has 2 aliphatic carbocycles. The van der Waals surface area contributed by atoms with E-state index in [1.807, 2.05) is 30.3 Å². The first-order valence-corrected chi connectivity index (χ1v) is 21.7. The highest BCUT2D eigenvalue weighted by molar-refractivity contribution is 5.36. The Kier molecular flexibility index (Phi) is 16.3. The Morgan fingerprint density at radius 3 is 1.09 bits per heavy atom. The number of benzene rings is 4. The van der Waals surface area contributed by atoms with Gasteiger partial charge in [-0.3, -0.25) is 20.2 Å². The lowest BCUT2D eigenvalue weighted by Crippen LogP contribution is -2.50. The molecular formula is C48H50F12N2O7. The molecule has 0 heterocycles. The molecule has 2 fully saturated rings. The van der Waals surface area contributed by atoms with Crippen molar-refractivity contribution in [2.24, 2.45) is 0 Å². The molecule has 378 valence electrons. The average Bonchev–Trinajstić information content (AvgIpc) is 3.30. The van der Waals surface area contributed by atoms with Gasteiger partial charge in [0.05, 0.1) is 47.7 Å². The number of aliphatic hydroxyl groups excluding tert-OH is 1. The minimum Gasteiger partial charge on any atom is -0.389 e. The average molecular weight is 995 g/mol. The number of aliphatic hydroxyl groups is 1. The molecule has 2 aliphatic rings. The molecule has 4 aromatic carbocycles. The van der Waals surface area contributed by atoms with Gasteiger partial charge in [-0.05, 0) is 98.2 Å². The van der Waals surface area contributed by atoms with Crippen molar-refractivity contribution < 1.29 is 77.1 Å². The maximum absolute atomic E-state index is 13.2. The molecule has 0 spiro atoms. The maximum Gasteiger partial charge on any atom is 0.416 e. The van der Waals surface area contributed by atoms with Crippen LogP contribution in [0, 0.1) is 20.2 Å². The Morgan fingerprint density at radius 2 is 0.826 bits per heavy atom. The Morgan fingerprint density at radius 1 is 0.522 bits per heavy atom. The first-order valence-electron chi connectivity index (χ1n) is 21.7. The molecule has 4 aromatic rings. The summed E-state index contributed by atoms with van der Waals surface area (Å²) >= 11 is 0. The lowest BCUT2D eigenvalue weighted by molar-refractivity contribution is -0.579. The summed E-state index contributed by atoms with van der Waals surface area (Å²) in [5.41, 5.74) is -8.47. The number of halogens is 12. The highest BCUT2D eigenvalue weighted by Gasteiger charge is 2.52. The zero-order chi connectivity index (χ0) is 51.4. The summed E-state index contributed by atoms with van der Waals surface area (Å²) < 4.78 is 171. The molecular weight excluding hydrogens is 945 g/mol. The molecule has 21 heteroatoms. The van der Waals surface area contributed by atoms with E-state index in [2.05, 4.69) is 0 Å². The summed E-state index contributed by atoms with van der Waals surface area (Å²) in [6.07, 6.45) is -20.1. The number of nitro groups is 2. The normalized spacial score (nSPS) is 24.4. The number of hydrogen-bond donors (Lipinski definition) is 1. The first kappa shape index (κ1) is 54.7. The second-order valence-electron chi connectivity index (χ2n) is 18.3. The summed E-state index contributed by atoms with van der Waals surface area (Å²) in [5.74, 6) is 0. The summed E-state index contributed by atoms with van der Waals surface area (Å²) in [4.78, 5) is 22.3. The van der Waals surface area contributed by atoms with Crippen LogP contribution in [0.5, 0.6) is 0 Å². The molecule has 0 unspecified atom stereocenters. The molecule has 69 heavy (non-hydrogen) atoms. The van der Waals surface area contributed by atoms with Crippen molar-refractivity contribution in [3.63, 3.8) is 0 Å². The fourth-order valence-electron chi connectivity index (χ4n) is 8.85. The number of hydrogen-bond acceptors (Lipinski definition) is 7. The van der Waals surface area contributed by atoms with Gasteiger partial charge < -0.3 is 14.6 Å². The quantitative estimate of drug-likeness (QED) is 0.0803. The van der Waals surface area contributed by atoms with Gasteiger partial charge in [-0.25, -0.2) is 0 Å². The van der Waals surface area contributed by atoms with Crippen molar-refractivity contribution in [1.82, 2.24) is 0 Å². The molecule has 0 radical (unpaired) electrons. The fraction of sp³-hybridized carbons (Fsp3) is 0.500. The fourth-order valence-corrected chi connectivity index (χ4v) is 8.85. The third-order valence-electron chi connectivity index (χ3n) is 13.7. The predicted octanol–water partition coefficient (Wildman–Crippen LogP) is 13.7. The van der Waals surface area contributed by atoms with Crippen molar-refractivity contribution >= 4 is 0 Å². The van der Waals surface area contributed by atoms with Gasteiger partial charge in [-0.15, -0.1) is 0 Å². The molecule has 0 aliphatic heterocycles. The highest BCUT2D eigenvalue weighted by atomic mass is 19.4. The number of nitrogens with zero attached hydrogens (tertiary/aromatic N) is 2. The van der Waals surface area contributed by atoms with E-state index in [4.69, 9.17) is 9.47 Å². The van der Waals surface area contributed by atoms with E-state index < -0.39 is 92.6 Å². The van der Waals surface area contributed by atoms with Crippen LogP contribution in [-0.2, 0) is 45.0 Å². The van der Waals surface area contributed by atoms with E-state index in [9.17, 15) is 78.0 Å². The Hall–Kier alpha value is -5.28. The third kappa shape index (κ3) is 12.9. The number of rotatable bonds is 13. The molecule has 2 saturated carbocycles. The van der Waals surface area contributed by atoms with Crippen molar-refractivity contribution in [3.05, 3.63) is 162 Å². The first-order chi connectivity index (χ1) is 31.9. The van der Waals surface area contributed by atoms with Gasteiger partial charge in [0.15, 0.2) is 0 Å². The molecule has 9 nitrogen and oxygen atoms in total. The van der Waals surface area contributed by atoms with Crippen LogP contribution in [0.2, 0.25) is 0 Å². The summed E-state index contributed by atoms with van der Waals surface area (Å²) in [6, 6.07) is 20.8. The van der Waals surface area contributed by atoms with E-state index in [0.717, 1.165) is 11.1 Å². The lowest BCUT2D eigenvalue weighted by Gasteiger charge is -2.42. The third-order valence-corrected chi connectivity index (χ3v) is 13.7. The van der Waals surface area contributed by atoms with E-state index in [-0.39, 0.29) is 79.9 Å². The zero-order valence-electron chi connectivity index (χ0n) is 37.5. The molecule has 2 atom stereocenters. The minimum absolute atomic E-state index is 0.00354. The topological polar surface area (TPSA) is 125 Å². The largest absolute Gasteiger partial charge is 0.416 e. The zero-order valence-corrected chi connectivity index (χ0v) is 37.5. The van der Waals surface area contributed by atoms with Crippen LogP contribution in [0.4, 0.5) is 52.7 Å². The van der Waals surface area contributed by atoms with Crippen LogP contribution in [0.1, 0.15) is 129 Å². The molecule has 0 bridgehead atoms. The van der Waals surface area contributed by atoms with Gasteiger partial charge in [0.1, 0.15) is 6.61 Å². The van der Waals surface area contributed by atoms with Crippen molar-refractivity contribution in [3.8, 4) is 0 Å². The number of ether oxygens (including phenoxy) is 2. The molecule has 6 rings (SSSR count). The van der Waals surface area contributed by atoms with Crippen LogP contribution >= 0.6 is 0 Å². The predicted molar refractivity (Wildman–Crippen MR) is 227 cm³/mol. The van der Waals surface area contributed by atoms with Gasteiger partial charge in [0, 0.05) is 53.3 Å². The highest BCUT2D eigenvalue weighted by Crippen LogP contribution is 2.48. The minimum atomic E-state index is -4.97. The van der Waals surface area contributed by atoms with Crippen LogP contribution < -0.4 is 0 Å². The molecule has 0 amide bonds. The standard InChI is InChI=1S/C24H25F6NO4.C24H25F6NO3/c1-16(17-11-19(23(25,26)27)13-20(12-17)24(28,29)30)35-15-21(18-5-3-2-4-6-18)7-9-22(14-32,10-8-21)31(33)34;1-16(17-12-19(23(25,26)27)14-20(13-17)24(28,29)30)34-15-22(18-6-4-3-5-7-18)10-8-21(2,9-11-22)31(32)33/h2-6,11-13,16,32H,7-10,14-15H2,1H3;3-7,12-14,16H,8-11,15H2,1-2H3/t2*16-,21?,22?/m11/s1. The van der Waals surface area contributed by atoms with Crippen molar-refractivity contribution in [2.45, 2.75) is 131 Å². The van der Waals surface area contributed by atoms with Gasteiger partial charge in [-0.1, -0.05) is 60.7 Å².